The zero-order chi connectivity index (χ0) is 14.3. The van der Waals surface area contributed by atoms with E-state index < -0.39 is 11.9 Å². The van der Waals surface area contributed by atoms with Crippen molar-refractivity contribution < 1.29 is 14.7 Å². The number of nitrogens with one attached hydrogen (secondary N) is 1. The minimum atomic E-state index is -0.879. The summed E-state index contributed by atoms with van der Waals surface area (Å²) in [5, 5.41) is 11.5. The van der Waals surface area contributed by atoms with Crippen molar-refractivity contribution in [2.45, 2.75) is 19.8 Å². The Bertz CT molecular complexity index is 470. The van der Waals surface area contributed by atoms with Crippen LogP contribution in [0.1, 0.15) is 24.6 Å². The molecule has 1 unspecified atom stereocenters. The van der Waals surface area contributed by atoms with Gasteiger partial charge in [-0.3, -0.25) is 9.59 Å². The molecule has 6 heteroatoms. The fourth-order valence-electron chi connectivity index (χ4n) is 1.52. The topological polar surface area (TPSA) is 66.4 Å². The number of aliphatic carboxylic acids is 1. The van der Waals surface area contributed by atoms with E-state index in [-0.39, 0.29) is 12.5 Å². The van der Waals surface area contributed by atoms with Gasteiger partial charge in [0.15, 0.2) is 0 Å². The van der Waals surface area contributed by atoms with Crippen molar-refractivity contribution in [2.75, 3.05) is 6.54 Å². The molecule has 0 bridgehead atoms. The van der Waals surface area contributed by atoms with Gasteiger partial charge in [0, 0.05) is 17.5 Å². The lowest BCUT2D eigenvalue weighted by atomic mass is 10.0. The molecule has 1 heterocycles. The first-order valence-electron chi connectivity index (χ1n) is 5.97. The first-order valence-corrected chi connectivity index (χ1v) is 7.16. The average Bonchev–Trinajstić information content (AvgIpc) is 2.77. The molecule has 0 aromatic carbocycles. The van der Waals surface area contributed by atoms with Crippen LogP contribution in [0.2, 0.25) is 4.34 Å². The number of thiophene rings is 1. The monoisotopic (exact) mass is 301 g/mol. The van der Waals surface area contributed by atoms with E-state index in [1.165, 1.54) is 17.4 Å². The number of carboxylic acid groups (broad SMARTS) is 1. The highest BCUT2D eigenvalue weighted by atomic mass is 35.5. The van der Waals surface area contributed by atoms with E-state index in [2.05, 4.69) is 5.32 Å². The first kappa shape index (κ1) is 15.7. The molecule has 0 aliphatic heterocycles. The Kier molecular flexibility index (Phi) is 6.59. The second-order valence-corrected chi connectivity index (χ2v) is 5.79. The molecule has 0 saturated carbocycles. The summed E-state index contributed by atoms with van der Waals surface area (Å²) >= 11 is 7.14. The highest BCUT2D eigenvalue weighted by molar-refractivity contribution is 7.17. The lowest BCUT2D eigenvalue weighted by molar-refractivity contribution is -0.141. The maximum Gasteiger partial charge on any atom is 0.308 e. The molecule has 4 nitrogen and oxygen atoms in total. The van der Waals surface area contributed by atoms with Crippen LogP contribution in [0.15, 0.2) is 18.2 Å². The molecule has 1 amide bonds. The summed E-state index contributed by atoms with van der Waals surface area (Å²) in [5.41, 5.74) is 0. The molecule has 0 saturated heterocycles. The minimum absolute atomic E-state index is 0.150. The first-order chi connectivity index (χ1) is 9.02. The van der Waals surface area contributed by atoms with E-state index >= 15 is 0 Å². The molecule has 0 spiro atoms. The van der Waals surface area contributed by atoms with Crippen LogP contribution in [0, 0.1) is 5.92 Å². The van der Waals surface area contributed by atoms with Gasteiger partial charge in [-0.1, -0.05) is 24.9 Å². The van der Waals surface area contributed by atoms with Gasteiger partial charge in [0.25, 0.3) is 0 Å². The number of carbonyl (C=O) groups excluding carboxylic acids is 1. The number of hydrogen-bond donors (Lipinski definition) is 2. The maximum absolute atomic E-state index is 11.5. The van der Waals surface area contributed by atoms with E-state index in [4.69, 9.17) is 16.7 Å². The number of hydrogen-bond acceptors (Lipinski definition) is 3. The van der Waals surface area contributed by atoms with Crippen molar-refractivity contribution in [3.05, 3.63) is 27.4 Å². The van der Waals surface area contributed by atoms with Gasteiger partial charge in [-0.25, -0.2) is 0 Å². The Hall–Kier alpha value is -1.33. The van der Waals surface area contributed by atoms with Crippen LogP contribution in [0.25, 0.3) is 6.08 Å². The van der Waals surface area contributed by atoms with Crippen molar-refractivity contribution in [3.63, 3.8) is 0 Å². The number of rotatable bonds is 7. The summed E-state index contributed by atoms with van der Waals surface area (Å²) in [7, 11) is 0. The second-order valence-electron chi connectivity index (χ2n) is 4.04. The molecular formula is C13H16ClNO3S. The average molecular weight is 302 g/mol. The van der Waals surface area contributed by atoms with E-state index in [9.17, 15) is 9.59 Å². The standard InChI is InChI=1S/C13H16ClNO3S/c1-2-3-9(13(17)18)8-15-12(16)7-5-10-4-6-11(14)19-10/h4-7,9H,2-3,8H2,1H3,(H,15,16)(H,17,18). The fourth-order valence-corrected chi connectivity index (χ4v) is 2.48. The molecule has 1 rings (SSSR count). The Morgan fingerprint density at radius 3 is 2.79 bits per heavy atom. The van der Waals surface area contributed by atoms with E-state index in [0.29, 0.717) is 10.8 Å². The smallest absolute Gasteiger partial charge is 0.308 e. The molecule has 1 aromatic heterocycles. The van der Waals surface area contributed by atoms with Gasteiger partial charge in [0.1, 0.15) is 0 Å². The normalized spacial score (nSPS) is 12.5. The minimum Gasteiger partial charge on any atom is -0.481 e. The van der Waals surface area contributed by atoms with Crippen LogP contribution in [-0.4, -0.2) is 23.5 Å². The number of halogens is 1. The quantitative estimate of drug-likeness (QED) is 0.761. The van der Waals surface area contributed by atoms with Crippen LogP contribution < -0.4 is 5.32 Å². The molecule has 0 aliphatic rings. The van der Waals surface area contributed by atoms with Gasteiger partial charge < -0.3 is 10.4 Å². The van der Waals surface area contributed by atoms with Crippen molar-refractivity contribution >= 4 is 40.9 Å². The summed E-state index contributed by atoms with van der Waals surface area (Å²) in [4.78, 5) is 23.3. The van der Waals surface area contributed by atoms with E-state index in [0.717, 1.165) is 11.3 Å². The lowest BCUT2D eigenvalue weighted by Gasteiger charge is -2.10. The predicted octanol–water partition coefficient (Wildman–Crippen LogP) is 3.03. The summed E-state index contributed by atoms with van der Waals surface area (Å²) in [6.07, 6.45) is 4.37. The zero-order valence-electron chi connectivity index (χ0n) is 10.6. The molecule has 104 valence electrons. The van der Waals surface area contributed by atoms with Crippen LogP contribution in [0.4, 0.5) is 0 Å². The van der Waals surface area contributed by atoms with Gasteiger partial charge in [-0.15, -0.1) is 11.3 Å². The van der Waals surface area contributed by atoms with Crippen LogP contribution >= 0.6 is 22.9 Å². The molecule has 2 N–H and O–H groups in total. The zero-order valence-corrected chi connectivity index (χ0v) is 12.1. The number of carbonyl (C=O) groups is 2. The van der Waals surface area contributed by atoms with Crippen LogP contribution in [0.3, 0.4) is 0 Å². The van der Waals surface area contributed by atoms with E-state index in [1.807, 2.05) is 13.0 Å². The van der Waals surface area contributed by atoms with Gasteiger partial charge in [-0.05, 0) is 24.6 Å². The second kappa shape index (κ2) is 7.96. The highest BCUT2D eigenvalue weighted by Crippen LogP contribution is 2.22. The lowest BCUT2D eigenvalue weighted by Crippen LogP contribution is -2.31. The Morgan fingerprint density at radius 2 is 2.26 bits per heavy atom. The van der Waals surface area contributed by atoms with Crippen molar-refractivity contribution in [1.82, 2.24) is 5.32 Å². The van der Waals surface area contributed by atoms with Crippen LogP contribution in [0.5, 0.6) is 0 Å². The molecule has 1 atom stereocenters. The summed E-state index contributed by atoms with van der Waals surface area (Å²) in [5.74, 6) is -1.71. The van der Waals surface area contributed by atoms with Crippen LogP contribution in [-0.2, 0) is 9.59 Å². The van der Waals surface area contributed by atoms with Gasteiger partial charge >= 0.3 is 5.97 Å². The van der Waals surface area contributed by atoms with E-state index in [1.54, 1.807) is 12.1 Å². The Labute approximate surface area is 121 Å². The number of amides is 1. The van der Waals surface area contributed by atoms with Crippen molar-refractivity contribution in [3.8, 4) is 0 Å². The highest BCUT2D eigenvalue weighted by Gasteiger charge is 2.16. The Morgan fingerprint density at radius 1 is 1.53 bits per heavy atom. The third-order valence-electron chi connectivity index (χ3n) is 2.50. The van der Waals surface area contributed by atoms with Crippen molar-refractivity contribution in [2.24, 2.45) is 5.92 Å². The summed E-state index contributed by atoms with van der Waals surface area (Å²) < 4.78 is 0.661. The fraction of sp³-hybridized carbons (Fsp3) is 0.385. The SMILES string of the molecule is CCCC(CNC(=O)C=Cc1ccc(Cl)s1)C(=O)O. The molecule has 0 fully saturated rings. The predicted molar refractivity (Wildman–Crippen MR) is 77.4 cm³/mol. The molecule has 0 aliphatic carbocycles. The summed E-state index contributed by atoms with van der Waals surface area (Å²) in [6, 6.07) is 3.57. The van der Waals surface area contributed by atoms with Gasteiger partial charge in [0.2, 0.25) is 5.91 Å². The molecular weight excluding hydrogens is 286 g/mol. The molecule has 19 heavy (non-hydrogen) atoms. The third kappa shape index (κ3) is 5.89. The van der Waals surface area contributed by atoms with Gasteiger partial charge in [0.05, 0.1) is 10.3 Å². The summed E-state index contributed by atoms with van der Waals surface area (Å²) in [6.45, 7) is 2.07. The third-order valence-corrected chi connectivity index (χ3v) is 3.70. The molecule has 1 aromatic rings. The largest absolute Gasteiger partial charge is 0.481 e. The number of carboxylic acids is 1. The van der Waals surface area contributed by atoms with Crippen molar-refractivity contribution in [1.29, 1.82) is 0 Å². The maximum atomic E-state index is 11.5. The van der Waals surface area contributed by atoms with Gasteiger partial charge in [-0.2, -0.15) is 0 Å². The Balaban J connectivity index is 2.42. The molecule has 0 radical (unpaired) electrons.